The molecule has 0 aromatic heterocycles. The number of hydrogen-bond donors (Lipinski definition) is 1. The first-order valence-corrected chi connectivity index (χ1v) is 3.02. The Labute approximate surface area is 64.3 Å². The second-order valence-electron chi connectivity index (χ2n) is 1.79. The zero-order chi connectivity index (χ0) is 8.69. The molecule has 0 aliphatic carbocycles. The quantitative estimate of drug-likeness (QED) is 0.458. The highest BCUT2D eigenvalue weighted by molar-refractivity contribution is 5.92. The van der Waals surface area contributed by atoms with E-state index in [0.717, 1.165) is 6.08 Å². The van der Waals surface area contributed by atoms with Crippen LogP contribution in [-0.4, -0.2) is 29.6 Å². The maximum absolute atomic E-state index is 10.5. The van der Waals surface area contributed by atoms with Gasteiger partial charge in [-0.2, -0.15) is 0 Å². The van der Waals surface area contributed by atoms with Crippen LogP contribution in [0.4, 0.5) is 0 Å². The molecule has 0 atom stereocenters. The van der Waals surface area contributed by atoms with E-state index in [0.29, 0.717) is 0 Å². The van der Waals surface area contributed by atoms with Gasteiger partial charge in [-0.1, -0.05) is 6.58 Å². The van der Waals surface area contributed by atoms with Gasteiger partial charge in [0.1, 0.15) is 6.54 Å². The van der Waals surface area contributed by atoms with Crippen molar-refractivity contribution in [1.29, 1.82) is 0 Å². The van der Waals surface area contributed by atoms with Crippen molar-refractivity contribution >= 4 is 18.0 Å². The lowest BCUT2D eigenvalue weighted by atomic mass is 10.4. The maximum atomic E-state index is 10.5. The lowest BCUT2D eigenvalue weighted by molar-refractivity contribution is -0.135. The van der Waals surface area contributed by atoms with Gasteiger partial charge in [-0.3, -0.25) is 14.6 Å². The van der Waals surface area contributed by atoms with E-state index >= 15 is 0 Å². The number of rotatable bonds is 5. The van der Waals surface area contributed by atoms with Crippen LogP contribution in [0.5, 0.6) is 0 Å². The molecule has 0 saturated carbocycles. The summed E-state index contributed by atoms with van der Waals surface area (Å²) in [7, 11) is 0. The predicted octanol–water partition coefficient (Wildman–Crippen LogP) is 0.287. The zero-order valence-corrected chi connectivity index (χ0v) is 5.99. The fraction of sp³-hybridized carbons (Fsp3) is 0.286. The molecule has 0 heterocycles. The summed E-state index contributed by atoms with van der Waals surface area (Å²) in [6.45, 7) is 3.22. The van der Waals surface area contributed by atoms with E-state index in [-0.39, 0.29) is 18.7 Å². The van der Waals surface area contributed by atoms with Gasteiger partial charge < -0.3 is 5.11 Å². The van der Waals surface area contributed by atoms with Gasteiger partial charge in [0.15, 0.2) is 5.78 Å². The van der Waals surface area contributed by atoms with Crippen molar-refractivity contribution in [1.82, 2.24) is 0 Å². The molecular formula is C7H9NO3. The van der Waals surface area contributed by atoms with Gasteiger partial charge in [0.25, 0.3) is 0 Å². The smallest absolute Gasteiger partial charge is 0.308 e. The normalized spacial score (nSPS) is 9.82. The number of hydrogen-bond acceptors (Lipinski definition) is 3. The van der Waals surface area contributed by atoms with Crippen LogP contribution < -0.4 is 0 Å². The summed E-state index contributed by atoms with van der Waals surface area (Å²) in [4.78, 5) is 24.0. The number of carboxylic acids is 1. The molecule has 0 unspecified atom stereocenters. The third-order valence-corrected chi connectivity index (χ3v) is 0.870. The minimum Gasteiger partial charge on any atom is -0.481 e. The number of aliphatic imine (C=N–C) groups is 1. The van der Waals surface area contributed by atoms with Gasteiger partial charge in [0.2, 0.25) is 0 Å². The minimum atomic E-state index is -0.959. The Hall–Kier alpha value is -1.45. The maximum Gasteiger partial charge on any atom is 0.308 e. The Morgan fingerprint density at radius 3 is 2.64 bits per heavy atom. The van der Waals surface area contributed by atoms with Crippen molar-refractivity contribution in [3.63, 3.8) is 0 Å². The SMILES string of the molecule is C=CC(=O)C/N=C/CC(=O)O. The van der Waals surface area contributed by atoms with Gasteiger partial charge in [0.05, 0.1) is 6.42 Å². The standard InChI is InChI=1S/C7H9NO3/c1-2-6(9)5-8-4-3-7(10)11/h2,4H,1,3,5H2,(H,10,11)/b8-4+. The molecule has 1 N–H and O–H groups in total. The summed E-state index contributed by atoms with van der Waals surface area (Å²) in [6, 6.07) is 0. The molecule has 0 bridgehead atoms. The van der Waals surface area contributed by atoms with Crippen LogP contribution in [0.2, 0.25) is 0 Å². The molecule has 0 amide bonds. The van der Waals surface area contributed by atoms with E-state index < -0.39 is 5.97 Å². The molecule has 11 heavy (non-hydrogen) atoms. The van der Waals surface area contributed by atoms with Crippen LogP contribution in [0.1, 0.15) is 6.42 Å². The molecule has 4 nitrogen and oxygen atoms in total. The topological polar surface area (TPSA) is 66.7 Å². The summed E-state index contributed by atoms with van der Waals surface area (Å²) >= 11 is 0. The Kier molecular flexibility index (Phi) is 4.64. The van der Waals surface area contributed by atoms with E-state index in [4.69, 9.17) is 5.11 Å². The summed E-state index contributed by atoms with van der Waals surface area (Å²) in [5, 5.41) is 8.14. The fourth-order valence-electron chi connectivity index (χ4n) is 0.362. The molecule has 0 saturated heterocycles. The Balaban J connectivity index is 3.52. The first kappa shape index (κ1) is 9.55. The molecule has 0 aliphatic heterocycles. The zero-order valence-electron chi connectivity index (χ0n) is 5.99. The third-order valence-electron chi connectivity index (χ3n) is 0.870. The van der Waals surface area contributed by atoms with E-state index in [1.807, 2.05) is 0 Å². The Morgan fingerprint density at radius 2 is 2.18 bits per heavy atom. The first-order valence-electron chi connectivity index (χ1n) is 3.02. The summed E-state index contributed by atoms with van der Waals surface area (Å²) < 4.78 is 0. The molecule has 0 spiro atoms. The average molecular weight is 155 g/mol. The molecule has 0 aliphatic rings. The van der Waals surface area contributed by atoms with Crippen LogP contribution in [0.25, 0.3) is 0 Å². The van der Waals surface area contributed by atoms with Crippen molar-refractivity contribution in [2.45, 2.75) is 6.42 Å². The van der Waals surface area contributed by atoms with Crippen molar-refractivity contribution in [2.75, 3.05) is 6.54 Å². The fourth-order valence-corrected chi connectivity index (χ4v) is 0.362. The number of aliphatic carboxylic acids is 1. The van der Waals surface area contributed by atoms with Gasteiger partial charge in [0, 0.05) is 6.21 Å². The molecule has 0 rings (SSSR count). The van der Waals surface area contributed by atoms with E-state index in [2.05, 4.69) is 11.6 Å². The molecular weight excluding hydrogens is 146 g/mol. The third kappa shape index (κ3) is 6.44. The lowest BCUT2D eigenvalue weighted by Gasteiger charge is -1.85. The van der Waals surface area contributed by atoms with Crippen LogP contribution in [0.15, 0.2) is 17.6 Å². The summed E-state index contributed by atoms with van der Waals surface area (Å²) in [6.07, 6.45) is 2.20. The molecule has 0 radical (unpaired) electrons. The van der Waals surface area contributed by atoms with Crippen LogP contribution in [0.3, 0.4) is 0 Å². The van der Waals surface area contributed by atoms with Gasteiger partial charge >= 0.3 is 5.97 Å². The average Bonchev–Trinajstić information content (AvgIpc) is 1.97. The Bertz CT molecular complexity index is 196. The van der Waals surface area contributed by atoms with Crippen LogP contribution in [-0.2, 0) is 9.59 Å². The highest BCUT2D eigenvalue weighted by Crippen LogP contribution is 1.77. The molecule has 60 valence electrons. The van der Waals surface area contributed by atoms with Gasteiger partial charge in [-0.25, -0.2) is 0 Å². The van der Waals surface area contributed by atoms with Crippen molar-refractivity contribution in [3.8, 4) is 0 Å². The van der Waals surface area contributed by atoms with Crippen molar-refractivity contribution < 1.29 is 14.7 Å². The lowest BCUT2D eigenvalue weighted by Crippen LogP contribution is -1.99. The second kappa shape index (κ2) is 5.34. The van der Waals surface area contributed by atoms with Crippen molar-refractivity contribution in [2.24, 2.45) is 4.99 Å². The van der Waals surface area contributed by atoms with E-state index in [9.17, 15) is 9.59 Å². The summed E-state index contributed by atoms with van der Waals surface area (Å²) in [5.41, 5.74) is 0. The molecule has 0 aromatic rings. The summed E-state index contributed by atoms with van der Waals surface area (Å²) in [5.74, 6) is -1.17. The highest BCUT2D eigenvalue weighted by Gasteiger charge is 1.92. The van der Waals surface area contributed by atoms with Gasteiger partial charge in [-0.05, 0) is 6.08 Å². The Morgan fingerprint density at radius 1 is 1.55 bits per heavy atom. The number of ketones is 1. The van der Waals surface area contributed by atoms with E-state index in [1.165, 1.54) is 6.21 Å². The molecule has 4 heteroatoms. The van der Waals surface area contributed by atoms with E-state index in [1.54, 1.807) is 0 Å². The first-order chi connectivity index (χ1) is 5.16. The number of carboxylic acid groups (broad SMARTS) is 1. The second-order valence-corrected chi connectivity index (χ2v) is 1.79. The number of carbonyl (C=O) groups excluding carboxylic acids is 1. The van der Waals surface area contributed by atoms with Gasteiger partial charge in [-0.15, -0.1) is 0 Å². The number of carbonyl (C=O) groups is 2. The molecule has 0 fully saturated rings. The monoisotopic (exact) mass is 155 g/mol. The largest absolute Gasteiger partial charge is 0.481 e. The molecule has 0 aromatic carbocycles. The van der Waals surface area contributed by atoms with Crippen LogP contribution in [0, 0.1) is 0 Å². The predicted molar refractivity (Wildman–Crippen MR) is 40.8 cm³/mol. The van der Waals surface area contributed by atoms with Crippen LogP contribution >= 0.6 is 0 Å². The highest BCUT2D eigenvalue weighted by atomic mass is 16.4. The van der Waals surface area contributed by atoms with Crippen molar-refractivity contribution in [3.05, 3.63) is 12.7 Å². The minimum absolute atomic E-state index is 0.0171. The number of nitrogens with zero attached hydrogens (tertiary/aromatic N) is 1.